The molecule has 6 nitrogen and oxygen atoms in total. The van der Waals surface area contributed by atoms with Gasteiger partial charge in [0, 0.05) is 26.7 Å². The average molecular weight is 282 g/mol. The Kier molecular flexibility index (Phi) is 4.32. The van der Waals surface area contributed by atoms with Gasteiger partial charge in [0.15, 0.2) is 4.34 Å². The van der Waals surface area contributed by atoms with E-state index in [9.17, 15) is 0 Å². The molecule has 0 amide bonds. The molecular weight excluding hydrogens is 268 g/mol. The fourth-order valence-electron chi connectivity index (χ4n) is 1.19. The minimum atomic E-state index is 0.826. The van der Waals surface area contributed by atoms with Crippen molar-refractivity contribution >= 4 is 34.0 Å². The van der Waals surface area contributed by atoms with Gasteiger partial charge in [-0.1, -0.05) is 11.3 Å². The molecule has 8 heteroatoms. The van der Waals surface area contributed by atoms with Gasteiger partial charge in [-0.3, -0.25) is 0 Å². The smallest absolute Gasteiger partial charge is 0.208 e. The number of hydrogen-bond donors (Lipinski definition) is 1. The van der Waals surface area contributed by atoms with Crippen LogP contribution in [0, 0.1) is 0 Å². The van der Waals surface area contributed by atoms with Crippen LogP contribution in [0.15, 0.2) is 21.8 Å². The van der Waals surface area contributed by atoms with Gasteiger partial charge in [0.25, 0.3) is 0 Å². The van der Waals surface area contributed by atoms with Crippen LogP contribution >= 0.6 is 23.1 Å². The largest absolute Gasteiger partial charge is 0.370 e. The SMILES string of the molecule is CCNc1cc(Sc2nnc(N(C)C)s2)ncn1. The second-order valence-electron chi connectivity index (χ2n) is 3.62. The molecule has 0 spiro atoms. The van der Waals surface area contributed by atoms with E-state index in [0.717, 1.165) is 26.9 Å². The Morgan fingerprint density at radius 1 is 1.33 bits per heavy atom. The minimum absolute atomic E-state index is 0.826. The first kappa shape index (κ1) is 13.0. The van der Waals surface area contributed by atoms with E-state index < -0.39 is 0 Å². The van der Waals surface area contributed by atoms with Crippen LogP contribution in [0.2, 0.25) is 0 Å². The van der Waals surface area contributed by atoms with Gasteiger partial charge in [0.1, 0.15) is 17.2 Å². The van der Waals surface area contributed by atoms with Crippen molar-refractivity contribution in [3.8, 4) is 0 Å². The first-order valence-electron chi connectivity index (χ1n) is 5.43. The van der Waals surface area contributed by atoms with Crippen LogP contribution < -0.4 is 10.2 Å². The summed E-state index contributed by atoms with van der Waals surface area (Å²) in [4.78, 5) is 10.3. The molecule has 0 aliphatic rings. The van der Waals surface area contributed by atoms with E-state index in [1.807, 2.05) is 32.0 Å². The second kappa shape index (κ2) is 5.96. The van der Waals surface area contributed by atoms with Gasteiger partial charge in [-0.2, -0.15) is 0 Å². The van der Waals surface area contributed by atoms with Gasteiger partial charge in [0.2, 0.25) is 5.13 Å². The predicted molar refractivity (Wildman–Crippen MR) is 74.6 cm³/mol. The number of nitrogens with zero attached hydrogens (tertiary/aromatic N) is 5. The Labute approximate surface area is 114 Å². The maximum absolute atomic E-state index is 4.21. The molecule has 0 aliphatic heterocycles. The summed E-state index contributed by atoms with van der Waals surface area (Å²) in [6.07, 6.45) is 1.55. The minimum Gasteiger partial charge on any atom is -0.370 e. The lowest BCUT2D eigenvalue weighted by molar-refractivity contribution is 0.968. The van der Waals surface area contributed by atoms with Crippen molar-refractivity contribution in [2.24, 2.45) is 0 Å². The van der Waals surface area contributed by atoms with Crippen LogP contribution in [-0.4, -0.2) is 40.8 Å². The molecule has 0 aromatic carbocycles. The number of anilines is 2. The molecule has 96 valence electrons. The molecule has 2 aromatic rings. The van der Waals surface area contributed by atoms with E-state index in [0.29, 0.717) is 0 Å². The standard InChI is InChI=1S/C10H14N6S2/c1-4-11-7-5-8(13-6-12-7)17-10-15-14-9(18-10)16(2)3/h5-6H,4H2,1-3H3,(H,11,12,13). The van der Waals surface area contributed by atoms with E-state index in [1.165, 1.54) is 11.8 Å². The predicted octanol–water partition coefficient (Wildman–Crippen LogP) is 1.98. The van der Waals surface area contributed by atoms with Crippen molar-refractivity contribution in [3.63, 3.8) is 0 Å². The number of nitrogens with one attached hydrogen (secondary N) is 1. The van der Waals surface area contributed by atoms with Crippen LogP contribution in [-0.2, 0) is 0 Å². The van der Waals surface area contributed by atoms with Gasteiger partial charge in [0.05, 0.1) is 0 Å². The third-order valence-corrected chi connectivity index (χ3v) is 4.04. The molecule has 2 heterocycles. The van der Waals surface area contributed by atoms with E-state index in [4.69, 9.17) is 0 Å². The highest BCUT2D eigenvalue weighted by atomic mass is 32.2. The lowest BCUT2D eigenvalue weighted by Gasteiger charge is -2.04. The lowest BCUT2D eigenvalue weighted by Crippen LogP contribution is -2.07. The summed E-state index contributed by atoms with van der Waals surface area (Å²) >= 11 is 3.03. The van der Waals surface area contributed by atoms with Crippen LogP contribution in [0.25, 0.3) is 0 Å². The molecule has 2 aromatic heterocycles. The molecule has 0 radical (unpaired) electrons. The monoisotopic (exact) mass is 282 g/mol. The third kappa shape index (κ3) is 3.30. The van der Waals surface area contributed by atoms with Crippen molar-refractivity contribution in [2.45, 2.75) is 16.3 Å². The van der Waals surface area contributed by atoms with Crippen LogP contribution in [0.3, 0.4) is 0 Å². The average Bonchev–Trinajstić information content (AvgIpc) is 2.78. The Balaban J connectivity index is 2.10. The zero-order valence-corrected chi connectivity index (χ0v) is 12.0. The normalized spacial score (nSPS) is 10.4. The topological polar surface area (TPSA) is 66.8 Å². The fourth-order valence-corrected chi connectivity index (χ4v) is 2.87. The maximum atomic E-state index is 4.21. The first-order chi connectivity index (χ1) is 8.69. The van der Waals surface area contributed by atoms with Crippen LogP contribution in [0.4, 0.5) is 10.9 Å². The highest BCUT2D eigenvalue weighted by Crippen LogP contribution is 2.31. The Hall–Kier alpha value is -1.41. The van der Waals surface area contributed by atoms with Crippen molar-refractivity contribution in [3.05, 3.63) is 12.4 Å². The van der Waals surface area contributed by atoms with Crippen LogP contribution in [0.1, 0.15) is 6.92 Å². The van der Waals surface area contributed by atoms with Crippen molar-refractivity contribution in [1.29, 1.82) is 0 Å². The van der Waals surface area contributed by atoms with Crippen molar-refractivity contribution < 1.29 is 0 Å². The van der Waals surface area contributed by atoms with E-state index in [-0.39, 0.29) is 0 Å². The van der Waals surface area contributed by atoms with E-state index in [1.54, 1.807) is 17.7 Å². The van der Waals surface area contributed by atoms with Gasteiger partial charge in [-0.25, -0.2) is 9.97 Å². The Bertz CT molecular complexity index is 513. The van der Waals surface area contributed by atoms with E-state index in [2.05, 4.69) is 25.5 Å². The van der Waals surface area contributed by atoms with E-state index >= 15 is 0 Å². The summed E-state index contributed by atoms with van der Waals surface area (Å²) in [6.45, 7) is 2.87. The summed E-state index contributed by atoms with van der Waals surface area (Å²) in [5, 5.41) is 13.1. The number of aromatic nitrogens is 4. The van der Waals surface area contributed by atoms with Gasteiger partial charge in [-0.15, -0.1) is 10.2 Å². The van der Waals surface area contributed by atoms with Gasteiger partial charge < -0.3 is 10.2 Å². The zero-order chi connectivity index (χ0) is 13.0. The molecule has 0 unspecified atom stereocenters. The summed E-state index contributed by atoms with van der Waals surface area (Å²) in [5.41, 5.74) is 0. The lowest BCUT2D eigenvalue weighted by atomic mass is 10.5. The third-order valence-electron chi connectivity index (χ3n) is 1.97. The molecule has 0 fully saturated rings. The molecule has 1 N–H and O–H groups in total. The fraction of sp³-hybridized carbons (Fsp3) is 0.400. The van der Waals surface area contributed by atoms with Gasteiger partial charge in [-0.05, 0) is 18.7 Å². The van der Waals surface area contributed by atoms with Crippen LogP contribution in [0.5, 0.6) is 0 Å². The number of rotatable bonds is 5. The summed E-state index contributed by atoms with van der Waals surface area (Å²) in [6, 6.07) is 1.91. The second-order valence-corrected chi connectivity index (χ2v) is 5.84. The molecule has 0 atom stereocenters. The quantitative estimate of drug-likeness (QED) is 0.841. The molecule has 0 saturated carbocycles. The molecule has 0 aliphatic carbocycles. The summed E-state index contributed by atoms with van der Waals surface area (Å²) in [5.74, 6) is 0.826. The zero-order valence-electron chi connectivity index (χ0n) is 10.4. The summed E-state index contributed by atoms with van der Waals surface area (Å²) in [7, 11) is 3.89. The Morgan fingerprint density at radius 3 is 2.83 bits per heavy atom. The molecule has 0 saturated heterocycles. The van der Waals surface area contributed by atoms with Crippen molar-refractivity contribution in [2.75, 3.05) is 30.9 Å². The maximum Gasteiger partial charge on any atom is 0.208 e. The highest BCUT2D eigenvalue weighted by Gasteiger charge is 2.08. The molecule has 0 bridgehead atoms. The highest BCUT2D eigenvalue weighted by molar-refractivity contribution is 8.01. The molecule has 2 rings (SSSR count). The summed E-state index contributed by atoms with van der Waals surface area (Å²) < 4.78 is 0.875. The number of hydrogen-bond acceptors (Lipinski definition) is 8. The molecule has 18 heavy (non-hydrogen) atoms. The Morgan fingerprint density at radius 2 is 2.17 bits per heavy atom. The first-order valence-corrected chi connectivity index (χ1v) is 7.07. The van der Waals surface area contributed by atoms with Crippen molar-refractivity contribution in [1.82, 2.24) is 20.2 Å². The van der Waals surface area contributed by atoms with Gasteiger partial charge >= 0.3 is 0 Å². The molecular formula is C10H14N6S2.